The van der Waals surface area contributed by atoms with E-state index in [-0.39, 0.29) is 5.91 Å². The van der Waals surface area contributed by atoms with Crippen LogP contribution in [0.2, 0.25) is 0 Å². The Kier molecular flexibility index (Phi) is 6.74. The van der Waals surface area contributed by atoms with Crippen molar-refractivity contribution in [2.75, 3.05) is 26.0 Å². The van der Waals surface area contributed by atoms with E-state index in [4.69, 9.17) is 9.97 Å². The van der Waals surface area contributed by atoms with Crippen molar-refractivity contribution >= 4 is 17.4 Å². The van der Waals surface area contributed by atoms with Crippen molar-refractivity contribution in [1.82, 2.24) is 24.6 Å². The zero-order chi connectivity index (χ0) is 25.2. The third kappa shape index (κ3) is 5.41. The molecule has 0 radical (unpaired) electrons. The summed E-state index contributed by atoms with van der Waals surface area (Å²) in [5.41, 5.74) is 6.62. The van der Waals surface area contributed by atoms with Crippen LogP contribution in [0, 0.1) is 5.92 Å². The Morgan fingerprint density at radius 3 is 2.39 bits per heavy atom. The minimum Gasteiger partial charge on any atom is -0.367 e. The van der Waals surface area contributed by atoms with E-state index >= 15 is 0 Å². The molecule has 5 rings (SSSR count). The van der Waals surface area contributed by atoms with Crippen LogP contribution in [0.15, 0.2) is 60.9 Å². The second kappa shape index (κ2) is 10.1. The summed E-state index contributed by atoms with van der Waals surface area (Å²) in [7, 11) is 4.14. The van der Waals surface area contributed by atoms with Crippen LogP contribution in [0.3, 0.4) is 0 Å². The van der Waals surface area contributed by atoms with Crippen molar-refractivity contribution in [3.8, 4) is 22.5 Å². The first kappa shape index (κ1) is 24.0. The Balaban J connectivity index is 1.51. The molecule has 2 aromatic carbocycles. The predicted molar refractivity (Wildman–Crippen MR) is 145 cm³/mol. The Morgan fingerprint density at radius 1 is 1.06 bits per heavy atom. The summed E-state index contributed by atoms with van der Waals surface area (Å²) < 4.78 is 2.10. The lowest BCUT2D eigenvalue weighted by Gasteiger charge is -2.13. The lowest BCUT2D eigenvalue weighted by molar-refractivity contribution is 0.0951. The zero-order valence-corrected chi connectivity index (χ0v) is 21.5. The number of aromatic nitrogens is 3. The molecule has 0 unspecified atom stereocenters. The first-order valence-corrected chi connectivity index (χ1v) is 12.6. The maximum Gasteiger partial charge on any atom is 0.251 e. The van der Waals surface area contributed by atoms with Crippen molar-refractivity contribution in [3.63, 3.8) is 0 Å². The molecule has 2 N–H and O–H groups in total. The van der Waals surface area contributed by atoms with Gasteiger partial charge in [0.25, 0.3) is 5.91 Å². The first-order valence-electron chi connectivity index (χ1n) is 12.6. The fourth-order valence-electron chi connectivity index (χ4n) is 4.20. The zero-order valence-electron chi connectivity index (χ0n) is 21.5. The van der Waals surface area contributed by atoms with Crippen LogP contribution < -0.4 is 10.6 Å². The van der Waals surface area contributed by atoms with Crippen LogP contribution in [0.25, 0.3) is 28.2 Å². The molecule has 1 amide bonds. The van der Waals surface area contributed by atoms with Gasteiger partial charge in [0.2, 0.25) is 0 Å². The molecule has 0 spiro atoms. The fourth-order valence-corrected chi connectivity index (χ4v) is 4.20. The van der Waals surface area contributed by atoms with E-state index < -0.39 is 0 Å². The molecule has 0 saturated heterocycles. The maximum absolute atomic E-state index is 12.4. The van der Waals surface area contributed by atoms with Gasteiger partial charge in [0.05, 0.1) is 17.6 Å². The quantitative estimate of drug-likeness (QED) is 0.348. The molecule has 1 fully saturated rings. The first-order chi connectivity index (χ1) is 17.4. The molecule has 1 saturated carbocycles. The standard InChI is InChI=1S/C29H34N6O/c1-19(2)15-30-27-28-31-16-26(22-9-11-23(12-10-22)29(36)32-24-13-14-24)35(28)18-25(33-27)21-7-5-20(6-8-21)17-34(3)4/h5-12,16,18-19,24H,13-15,17H2,1-4H3,(H,30,33)(H,32,36). The van der Waals surface area contributed by atoms with Crippen LogP contribution in [0.5, 0.6) is 0 Å². The van der Waals surface area contributed by atoms with Gasteiger partial charge in [-0.15, -0.1) is 0 Å². The maximum atomic E-state index is 12.4. The van der Waals surface area contributed by atoms with E-state index in [0.717, 1.165) is 59.9 Å². The number of fused-ring (bicyclic) bond motifs is 1. The highest BCUT2D eigenvalue weighted by Crippen LogP contribution is 2.28. The van der Waals surface area contributed by atoms with Crippen molar-refractivity contribution in [1.29, 1.82) is 0 Å². The van der Waals surface area contributed by atoms with E-state index in [2.05, 4.69) is 72.1 Å². The molecular formula is C29H34N6O. The normalized spacial score (nSPS) is 13.5. The lowest BCUT2D eigenvalue weighted by Crippen LogP contribution is -2.25. The summed E-state index contributed by atoms with van der Waals surface area (Å²) in [5.74, 6) is 1.24. The van der Waals surface area contributed by atoms with Crippen LogP contribution in [0.4, 0.5) is 5.82 Å². The summed E-state index contributed by atoms with van der Waals surface area (Å²) in [5, 5.41) is 6.54. The van der Waals surface area contributed by atoms with Crippen molar-refractivity contribution in [2.45, 2.75) is 39.3 Å². The Bertz CT molecular complexity index is 1350. The highest BCUT2D eigenvalue weighted by atomic mass is 16.1. The highest BCUT2D eigenvalue weighted by molar-refractivity contribution is 5.95. The van der Waals surface area contributed by atoms with Gasteiger partial charge >= 0.3 is 0 Å². The second-order valence-corrected chi connectivity index (χ2v) is 10.3. The third-order valence-corrected chi connectivity index (χ3v) is 6.27. The minimum absolute atomic E-state index is 0.00781. The van der Waals surface area contributed by atoms with Gasteiger partial charge in [-0.2, -0.15) is 0 Å². The van der Waals surface area contributed by atoms with E-state index in [1.165, 1.54) is 5.56 Å². The largest absolute Gasteiger partial charge is 0.367 e. The van der Waals surface area contributed by atoms with Crippen LogP contribution in [-0.2, 0) is 6.54 Å². The van der Waals surface area contributed by atoms with Gasteiger partial charge in [-0.05, 0) is 50.6 Å². The average molecular weight is 483 g/mol. The SMILES string of the molecule is CC(C)CNc1nc(-c2ccc(CN(C)C)cc2)cn2c(-c3ccc(C(=O)NC4CC4)cc3)cnc12. The minimum atomic E-state index is -0.00781. The van der Waals surface area contributed by atoms with Crippen LogP contribution in [-0.4, -0.2) is 51.9 Å². The number of carbonyl (C=O) groups is 1. The number of nitrogens with one attached hydrogen (secondary N) is 2. The number of nitrogens with zero attached hydrogens (tertiary/aromatic N) is 4. The number of hydrogen-bond acceptors (Lipinski definition) is 5. The van der Waals surface area contributed by atoms with Gasteiger partial charge in [-0.3, -0.25) is 9.20 Å². The number of carbonyl (C=O) groups excluding carboxylic acids is 1. The number of hydrogen-bond donors (Lipinski definition) is 2. The molecule has 0 atom stereocenters. The fraction of sp³-hybridized carbons (Fsp3) is 0.345. The molecule has 4 aromatic rings. The van der Waals surface area contributed by atoms with Gasteiger partial charge in [0.15, 0.2) is 11.5 Å². The Hall–Kier alpha value is -3.71. The smallest absolute Gasteiger partial charge is 0.251 e. The van der Waals surface area contributed by atoms with Crippen molar-refractivity contribution < 1.29 is 4.79 Å². The Labute approximate surface area is 212 Å². The van der Waals surface area contributed by atoms with E-state index in [0.29, 0.717) is 17.5 Å². The summed E-state index contributed by atoms with van der Waals surface area (Å²) in [6.07, 6.45) is 6.08. The molecular weight excluding hydrogens is 448 g/mol. The molecule has 1 aliphatic rings. The molecule has 2 aromatic heterocycles. The van der Waals surface area contributed by atoms with Gasteiger partial charge in [0, 0.05) is 42.0 Å². The van der Waals surface area contributed by atoms with Crippen LogP contribution in [0.1, 0.15) is 42.6 Å². The molecule has 186 valence electrons. The predicted octanol–water partition coefficient (Wildman–Crippen LogP) is 5.09. The highest BCUT2D eigenvalue weighted by Gasteiger charge is 2.23. The second-order valence-electron chi connectivity index (χ2n) is 10.3. The summed E-state index contributed by atoms with van der Waals surface area (Å²) in [6.45, 7) is 6.06. The third-order valence-electron chi connectivity index (χ3n) is 6.27. The molecule has 36 heavy (non-hydrogen) atoms. The van der Waals surface area contributed by atoms with Crippen LogP contribution >= 0.6 is 0 Å². The molecule has 1 aliphatic carbocycles. The molecule has 0 aliphatic heterocycles. The number of anilines is 1. The molecule has 2 heterocycles. The number of imidazole rings is 1. The topological polar surface area (TPSA) is 74.6 Å². The van der Waals surface area contributed by atoms with Gasteiger partial charge in [-0.1, -0.05) is 50.2 Å². The van der Waals surface area contributed by atoms with E-state index in [1.54, 1.807) is 0 Å². The van der Waals surface area contributed by atoms with Gasteiger partial charge in [0.1, 0.15) is 0 Å². The number of rotatable bonds is 9. The summed E-state index contributed by atoms with van der Waals surface area (Å²) >= 11 is 0. The van der Waals surface area contributed by atoms with Gasteiger partial charge < -0.3 is 15.5 Å². The van der Waals surface area contributed by atoms with E-state index in [9.17, 15) is 4.79 Å². The van der Waals surface area contributed by atoms with Crippen molar-refractivity contribution in [3.05, 3.63) is 72.1 Å². The molecule has 7 heteroatoms. The molecule has 7 nitrogen and oxygen atoms in total. The number of amides is 1. The lowest BCUT2D eigenvalue weighted by atomic mass is 10.1. The van der Waals surface area contributed by atoms with Crippen molar-refractivity contribution in [2.24, 2.45) is 5.92 Å². The summed E-state index contributed by atoms with van der Waals surface area (Å²) in [4.78, 5) is 24.2. The Morgan fingerprint density at radius 2 is 1.75 bits per heavy atom. The molecule has 0 bridgehead atoms. The van der Waals surface area contributed by atoms with E-state index in [1.807, 2.05) is 36.7 Å². The van der Waals surface area contributed by atoms with Gasteiger partial charge in [-0.25, -0.2) is 9.97 Å². The average Bonchev–Trinajstić information content (AvgIpc) is 3.57. The monoisotopic (exact) mass is 482 g/mol. The number of benzene rings is 2. The summed E-state index contributed by atoms with van der Waals surface area (Å²) in [6, 6.07) is 16.7.